The van der Waals surface area contributed by atoms with Crippen molar-refractivity contribution in [1.29, 1.82) is 0 Å². The number of Topliss-reactive ketones (excluding diaryl/α,β-unsaturated/α-hetero) is 1. The van der Waals surface area contributed by atoms with E-state index >= 15 is 0 Å². The number of allylic oxidation sites excluding steroid dienone is 1. The van der Waals surface area contributed by atoms with Gasteiger partial charge in [-0.05, 0) is 16.7 Å². The standard InChI is InChI=1S/C11H9NO/c13-10-4-8-6-12-5-7-2-1-3-9(10)11(7)8/h1-3,6,12H,4-5H2. The number of benzene rings is 1. The molecule has 0 radical (unpaired) electrons. The lowest BCUT2D eigenvalue weighted by Gasteiger charge is -2.14. The van der Waals surface area contributed by atoms with Crippen LogP contribution in [0.15, 0.2) is 24.4 Å². The summed E-state index contributed by atoms with van der Waals surface area (Å²) in [7, 11) is 0. The van der Waals surface area contributed by atoms with E-state index in [9.17, 15) is 4.79 Å². The van der Waals surface area contributed by atoms with Gasteiger partial charge >= 0.3 is 0 Å². The van der Waals surface area contributed by atoms with Gasteiger partial charge in [-0.25, -0.2) is 0 Å². The molecule has 1 heterocycles. The highest BCUT2D eigenvalue weighted by Crippen LogP contribution is 2.35. The van der Waals surface area contributed by atoms with E-state index in [4.69, 9.17) is 0 Å². The van der Waals surface area contributed by atoms with Crippen LogP contribution in [0.5, 0.6) is 0 Å². The highest BCUT2D eigenvalue weighted by molar-refractivity contribution is 6.12. The smallest absolute Gasteiger partial charge is 0.167 e. The Morgan fingerprint density at radius 2 is 2.23 bits per heavy atom. The predicted octanol–water partition coefficient (Wildman–Crippen LogP) is 1.72. The number of rotatable bonds is 0. The molecule has 0 saturated heterocycles. The van der Waals surface area contributed by atoms with Gasteiger partial charge in [0.2, 0.25) is 0 Å². The minimum atomic E-state index is 0.256. The van der Waals surface area contributed by atoms with E-state index in [0.29, 0.717) is 6.42 Å². The van der Waals surface area contributed by atoms with Crippen LogP contribution < -0.4 is 5.32 Å². The fraction of sp³-hybridized carbons (Fsp3) is 0.182. The summed E-state index contributed by atoms with van der Waals surface area (Å²) in [5.74, 6) is 0.256. The van der Waals surface area contributed by atoms with Crippen molar-refractivity contribution in [3.8, 4) is 0 Å². The van der Waals surface area contributed by atoms with Gasteiger partial charge in [0.05, 0.1) is 0 Å². The maximum atomic E-state index is 11.5. The van der Waals surface area contributed by atoms with Gasteiger partial charge in [-0.2, -0.15) is 0 Å². The Labute approximate surface area is 76.3 Å². The molecule has 1 aliphatic carbocycles. The van der Waals surface area contributed by atoms with Crippen molar-refractivity contribution >= 4 is 11.4 Å². The summed E-state index contributed by atoms with van der Waals surface area (Å²) in [5.41, 5.74) is 4.50. The third-order valence-corrected chi connectivity index (χ3v) is 2.69. The first-order valence-electron chi connectivity index (χ1n) is 4.44. The van der Waals surface area contributed by atoms with E-state index in [1.165, 1.54) is 11.1 Å². The zero-order chi connectivity index (χ0) is 8.84. The topological polar surface area (TPSA) is 29.1 Å². The lowest BCUT2D eigenvalue weighted by molar-refractivity contribution is 0.100. The van der Waals surface area contributed by atoms with Crippen LogP contribution in [-0.4, -0.2) is 5.78 Å². The molecular formula is C11H9NO. The molecule has 3 rings (SSSR count). The van der Waals surface area contributed by atoms with Gasteiger partial charge in [-0.15, -0.1) is 0 Å². The van der Waals surface area contributed by atoms with Gasteiger partial charge in [-0.1, -0.05) is 18.2 Å². The lowest BCUT2D eigenvalue weighted by atomic mass is 9.99. The molecule has 0 saturated carbocycles. The normalized spacial score (nSPS) is 17.8. The molecule has 0 atom stereocenters. The number of hydrogen-bond donors (Lipinski definition) is 1. The molecule has 2 nitrogen and oxygen atoms in total. The first-order valence-corrected chi connectivity index (χ1v) is 4.44. The SMILES string of the molecule is O=C1CC2=CNCc3cccc1c32. The van der Waals surface area contributed by atoms with Crippen LogP contribution in [0.1, 0.15) is 27.9 Å². The second-order valence-electron chi connectivity index (χ2n) is 3.49. The molecule has 0 fully saturated rings. The fourth-order valence-electron chi connectivity index (χ4n) is 2.12. The Hall–Kier alpha value is -1.57. The van der Waals surface area contributed by atoms with Gasteiger partial charge in [-0.3, -0.25) is 4.79 Å². The summed E-state index contributed by atoms with van der Waals surface area (Å²) in [6, 6.07) is 5.97. The number of carbonyl (C=O) groups excluding carboxylic acids is 1. The van der Waals surface area contributed by atoms with Crippen molar-refractivity contribution in [2.75, 3.05) is 0 Å². The zero-order valence-electron chi connectivity index (χ0n) is 7.13. The van der Waals surface area contributed by atoms with Crippen LogP contribution in [0, 0.1) is 0 Å². The largest absolute Gasteiger partial charge is 0.387 e. The van der Waals surface area contributed by atoms with E-state index in [-0.39, 0.29) is 5.78 Å². The average Bonchev–Trinajstić information content (AvgIpc) is 2.47. The Bertz CT molecular complexity index is 432. The van der Waals surface area contributed by atoms with Gasteiger partial charge in [0.15, 0.2) is 5.78 Å². The quantitative estimate of drug-likeness (QED) is 0.644. The maximum absolute atomic E-state index is 11.5. The highest BCUT2D eigenvalue weighted by atomic mass is 16.1. The molecule has 64 valence electrons. The molecule has 0 unspecified atom stereocenters. The molecule has 0 aromatic heterocycles. The summed E-state index contributed by atoms with van der Waals surface area (Å²) in [5, 5.41) is 3.18. The first kappa shape index (κ1) is 6.89. The first-order chi connectivity index (χ1) is 6.36. The Kier molecular flexibility index (Phi) is 1.18. The van der Waals surface area contributed by atoms with Gasteiger partial charge in [0, 0.05) is 24.7 Å². The fourth-order valence-corrected chi connectivity index (χ4v) is 2.12. The third-order valence-electron chi connectivity index (χ3n) is 2.69. The van der Waals surface area contributed by atoms with Crippen LogP contribution in [0.4, 0.5) is 0 Å². The minimum Gasteiger partial charge on any atom is -0.387 e. The van der Waals surface area contributed by atoms with Crippen LogP contribution in [0.3, 0.4) is 0 Å². The Balaban J connectivity index is 2.38. The third kappa shape index (κ3) is 0.800. The number of carbonyl (C=O) groups is 1. The minimum absolute atomic E-state index is 0.256. The average molecular weight is 171 g/mol. The molecule has 1 N–H and O–H groups in total. The van der Waals surface area contributed by atoms with Crippen LogP contribution in [0.2, 0.25) is 0 Å². The van der Waals surface area contributed by atoms with Crippen LogP contribution in [-0.2, 0) is 6.54 Å². The zero-order valence-corrected chi connectivity index (χ0v) is 7.13. The van der Waals surface area contributed by atoms with Crippen molar-refractivity contribution in [3.05, 3.63) is 41.1 Å². The summed E-state index contributed by atoms with van der Waals surface area (Å²) < 4.78 is 0. The van der Waals surface area contributed by atoms with Crippen LogP contribution in [0.25, 0.3) is 5.57 Å². The molecule has 2 heteroatoms. The lowest BCUT2D eigenvalue weighted by Crippen LogP contribution is -2.12. The van der Waals surface area contributed by atoms with E-state index < -0.39 is 0 Å². The summed E-state index contributed by atoms with van der Waals surface area (Å²) in [4.78, 5) is 11.5. The van der Waals surface area contributed by atoms with E-state index in [1.54, 1.807) is 0 Å². The van der Waals surface area contributed by atoms with Crippen molar-refractivity contribution in [3.63, 3.8) is 0 Å². The molecule has 0 amide bonds. The molecule has 1 aromatic rings. The summed E-state index contributed by atoms with van der Waals surface area (Å²) in [6.45, 7) is 0.847. The number of ketones is 1. The van der Waals surface area contributed by atoms with E-state index in [2.05, 4.69) is 11.4 Å². The van der Waals surface area contributed by atoms with Crippen molar-refractivity contribution in [2.24, 2.45) is 0 Å². The van der Waals surface area contributed by atoms with Crippen molar-refractivity contribution in [2.45, 2.75) is 13.0 Å². The monoisotopic (exact) mass is 171 g/mol. The second-order valence-corrected chi connectivity index (χ2v) is 3.49. The summed E-state index contributed by atoms with van der Waals surface area (Å²) >= 11 is 0. The Morgan fingerprint density at radius 3 is 3.15 bits per heavy atom. The van der Waals surface area contributed by atoms with Crippen molar-refractivity contribution < 1.29 is 4.79 Å². The summed E-state index contributed by atoms with van der Waals surface area (Å²) in [6.07, 6.45) is 2.54. The van der Waals surface area contributed by atoms with Gasteiger partial charge < -0.3 is 5.32 Å². The number of hydrogen-bond acceptors (Lipinski definition) is 2. The molecule has 2 aliphatic rings. The molecule has 13 heavy (non-hydrogen) atoms. The molecule has 1 aromatic carbocycles. The van der Waals surface area contributed by atoms with Gasteiger partial charge in [0.25, 0.3) is 0 Å². The van der Waals surface area contributed by atoms with Crippen molar-refractivity contribution in [1.82, 2.24) is 5.32 Å². The number of nitrogens with one attached hydrogen (secondary N) is 1. The maximum Gasteiger partial charge on any atom is 0.167 e. The van der Waals surface area contributed by atoms with E-state index in [0.717, 1.165) is 17.7 Å². The van der Waals surface area contributed by atoms with Gasteiger partial charge in [0.1, 0.15) is 0 Å². The second kappa shape index (κ2) is 2.22. The molecular weight excluding hydrogens is 162 g/mol. The molecule has 0 bridgehead atoms. The molecule has 1 aliphatic heterocycles. The molecule has 0 spiro atoms. The predicted molar refractivity (Wildman–Crippen MR) is 50.2 cm³/mol. The van der Waals surface area contributed by atoms with Crippen LogP contribution >= 0.6 is 0 Å². The van der Waals surface area contributed by atoms with E-state index in [1.807, 2.05) is 18.3 Å². The Morgan fingerprint density at radius 1 is 1.31 bits per heavy atom. The highest BCUT2D eigenvalue weighted by Gasteiger charge is 2.27.